The number of allylic oxidation sites excluding steroid dienone is 5. The maximum Gasteiger partial charge on any atom is 0.416 e. The first-order valence-electron chi connectivity index (χ1n) is 13.8. The van der Waals surface area contributed by atoms with Gasteiger partial charge in [0.15, 0.2) is 6.61 Å². The third kappa shape index (κ3) is 14.3. The van der Waals surface area contributed by atoms with Crippen molar-refractivity contribution in [1.29, 1.82) is 0 Å². The smallest absolute Gasteiger partial charge is 0.416 e. The summed E-state index contributed by atoms with van der Waals surface area (Å²) in [5, 5.41) is 13.1. The van der Waals surface area contributed by atoms with Gasteiger partial charge < -0.3 is 9.84 Å². The number of carboxylic acids is 1. The third-order valence-corrected chi connectivity index (χ3v) is 6.24. The number of hydrogen-bond acceptors (Lipinski definition) is 4. The molecule has 0 bridgehead atoms. The van der Waals surface area contributed by atoms with Crippen molar-refractivity contribution < 1.29 is 32.2 Å². The molecule has 0 aliphatic heterocycles. The van der Waals surface area contributed by atoms with Gasteiger partial charge in [0.25, 0.3) is 0 Å². The van der Waals surface area contributed by atoms with Gasteiger partial charge in [0, 0.05) is 22.4 Å². The number of carbonyl (C=O) groups is 1. The lowest BCUT2D eigenvalue weighted by Gasteiger charge is -2.09. The molecule has 1 aromatic heterocycles. The Morgan fingerprint density at radius 3 is 2.19 bits per heavy atom. The zero-order valence-electron chi connectivity index (χ0n) is 26.1. The second-order valence-corrected chi connectivity index (χ2v) is 9.50. The average Bonchev–Trinajstić information content (AvgIpc) is 3.36. The molecule has 10 heteroatoms. The van der Waals surface area contributed by atoms with Crippen LogP contribution in [0.3, 0.4) is 0 Å². The number of nitrogens with zero attached hydrogens (tertiary/aromatic N) is 2. The van der Waals surface area contributed by atoms with Crippen molar-refractivity contribution in [3.8, 4) is 11.4 Å². The predicted octanol–water partition coefficient (Wildman–Crippen LogP) is 10.3. The van der Waals surface area contributed by atoms with Crippen LogP contribution in [0.2, 0.25) is 0 Å². The van der Waals surface area contributed by atoms with Crippen LogP contribution in [0.4, 0.5) is 17.6 Å². The van der Waals surface area contributed by atoms with Crippen molar-refractivity contribution in [2.45, 2.75) is 72.2 Å². The second kappa shape index (κ2) is 20.2. The van der Waals surface area contributed by atoms with E-state index >= 15 is 0 Å². The van der Waals surface area contributed by atoms with Crippen molar-refractivity contribution >= 4 is 17.7 Å². The number of hydrogen-bond donors (Lipinski definition) is 1. The molecule has 5 nitrogen and oxygen atoms in total. The summed E-state index contributed by atoms with van der Waals surface area (Å²) >= 11 is 1.58. The monoisotopic (exact) mass is 622 g/mol. The van der Waals surface area contributed by atoms with Gasteiger partial charge in [-0.3, -0.25) is 0 Å². The highest BCUT2D eigenvalue weighted by molar-refractivity contribution is 7.98. The zero-order chi connectivity index (χ0) is 33.2. The summed E-state index contributed by atoms with van der Waals surface area (Å²) in [6.45, 7) is 18.2. The van der Waals surface area contributed by atoms with Gasteiger partial charge in [-0.05, 0) is 87.4 Å². The number of halogens is 4. The largest absolute Gasteiger partial charge is 0.482 e. The van der Waals surface area contributed by atoms with Crippen LogP contribution >= 0.6 is 11.8 Å². The molecule has 0 saturated heterocycles. The summed E-state index contributed by atoms with van der Waals surface area (Å²) in [6, 6.07) is 10.4. The molecule has 236 valence electrons. The van der Waals surface area contributed by atoms with Crippen molar-refractivity contribution in [3.05, 3.63) is 107 Å². The van der Waals surface area contributed by atoms with E-state index in [0.717, 1.165) is 33.8 Å². The van der Waals surface area contributed by atoms with E-state index < -0.39 is 24.3 Å². The van der Waals surface area contributed by atoms with E-state index in [2.05, 4.69) is 11.7 Å². The third-order valence-electron chi connectivity index (χ3n) is 5.19. The Hall–Kier alpha value is -3.79. The van der Waals surface area contributed by atoms with Crippen LogP contribution in [0.25, 0.3) is 5.69 Å². The SMILES string of the molecule is C=C(C)/C(F)=C\C=C/C.CC.CC.Cc1cc(SCc2cn(-c3ccc(C(F)(F)F)cc3)nc2C)ccc1OCC(=O)O. The van der Waals surface area contributed by atoms with Gasteiger partial charge in [0.05, 0.1) is 16.9 Å². The lowest BCUT2D eigenvalue weighted by atomic mass is 10.2. The van der Waals surface area contributed by atoms with Crippen molar-refractivity contribution in [2.75, 3.05) is 6.61 Å². The summed E-state index contributed by atoms with van der Waals surface area (Å²) in [7, 11) is 0. The minimum atomic E-state index is -4.37. The molecule has 0 spiro atoms. The van der Waals surface area contributed by atoms with E-state index in [0.29, 0.717) is 22.8 Å². The number of aliphatic carboxylic acids is 1. The summed E-state index contributed by atoms with van der Waals surface area (Å²) in [6.07, 6.45) is 2.24. The normalized spacial score (nSPS) is 10.9. The minimum absolute atomic E-state index is 0.256. The highest BCUT2D eigenvalue weighted by Crippen LogP contribution is 2.31. The Morgan fingerprint density at radius 2 is 1.70 bits per heavy atom. The first-order chi connectivity index (χ1) is 20.3. The average molecular weight is 623 g/mol. The summed E-state index contributed by atoms with van der Waals surface area (Å²) in [4.78, 5) is 11.6. The molecule has 0 aliphatic rings. The predicted molar refractivity (Wildman–Crippen MR) is 169 cm³/mol. The number of aromatic nitrogens is 2. The lowest BCUT2D eigenvalue weighted by Crippen LogP contribution is -2.09. The Bertz CT molecular complexity index is 1350. The summed E-state index contributed by atoms with van der Waals surface area (Å²) in [5.74, 6) is -0.143. The fraction of sp³-hybridized carbons (Fsp3) is 0.333. The molecule has 3 aromatic rings. The Labute approximate surface area is 257 Å². The molecule has 1 heterocycles. The van der Waals surface area contributed by atoms with Gasteiger partial charge in [-0.1, -0.05) is 46.4 Å². The fourth-order valence-corrected chi connectivity index (χ4v) is 4.10. The molecular weight excluding hydrogens is 580 g/mol. The number of alkyl halides is 3. The molecular formula is C33H42F4N2O3S. The van der Waals surface area contributed by atoms with E-state index in [4.69, 9.17) is 9.84 Å². The Morgan fingerprint density at radius 1 is 1.09 bits per heavy atom. The van der Waals surface area contributed by atoms with Gasteiger partial charge in [0.1, 0.15) is 11.6 Å². The van der Waals surface area contributed by atoms with Crippen LogP contribution < -0.4 is 4.74 Å². The first kappa shape index (κ1) is 39.2. The molecule has 0 unspecified atom stereocenters. The van der Waals surface area contributed by atoms with E-state index in [9.17, 15) is 22.4 Å². The van der Waals surface area contributed by atoms with E-state index in [-0.39, 0.29) is 5.83 Å². The number of aryl methyl sites for hydroxylation is 2. The van der Waals surface area contributed by atoms with Crippen LogP contribution in [-0.2, 0) is 16.7 Å². The Kier molecular flexibility index (Phi) is 18.4. The number of thioether (sulfide) groups is 1. The maximum absolute atomic E-state index is 12.7. The van der Waals surface area contributed by atoms with Crippen molar-refractivity contribution in [2.24, 2.45) is 0 Å². The molecule has 3 rings (SSSR count). The molecule has 0 aliphatic carbocycles. The first-order valence-corrected chi connectivity index (χ1v) is 14.8. The zero-order valence-corrected chi connectivity index (χ0v) is 26.9. The van der Waals surface area contributed by atoms with Crippen LogP contribution in [0.5, 0.6) is 5.75 Å². The quantitative estimate of drug-likeness (QED) is 0.146. The van der Waals surface area contributed by atoms with Crippen LogP contribution in [0.1, 0.15) is 63.9 Å². The molecule has 0 saturated carbocycles. The van der Waals surface area contributed by atoms with E-state index in [1.54, 1.807) is 41.6 Å². The molecule has 0 fully saturated rings. The van der Waals surface area contributed by atoms with Gasteiger partial charge in [0.2, 0.25) is 0 Å². The molecule has 2 aromatic carbocycles. The molecule has 0 amide bonds. The molecule has 43 heavy (non-hydrogen) atoms. The van der Waals surface area contributed by atoms with Crippen molar-refractivity contribution in [3.63, 3.8) is 0 Å². The van der Waals surface area contributed by atoms with Gasteiger partial charge in [-0.25, -0.2) is 13.9 Å². The molecule has 0 atom stereocenters. The second-order valence-electron chi connectivity index (χ2n) is 8.45. The lowest BCUT2D eigenvalue weighted by molar-refractivity contribution is -0.139. The number of ether oxygens (including phenoxy) is 1. The van der Waals surface area contributed by atoms with Gasteiger partial charge in [-0.2, -0.15) is 18.3 Å². The van der Waals surface area contributed by atoms with Gasteiger partial charge in [-0.15, -0.1) is 11.8 Å². The molecule has 0 radical (unpaired) electrons. The highest BCUT2D eigenvalue weighted by atomic mass is 32.2. The minimum Gasteiger partial charge on any atom is -0.482 e. The molecule has 1 N–H and O–H groups in total. The topological polar surface area (TPSA) is 64.4 Å². The maximum atomic E-state index is 12.7. The number of benzene rings is 2. The number of rotatable bonds is 9. The summed E-state index contributed by atoms with van der Waals surface area (Å²) < 4.78 is 57.4. The fourth-order valence-electron chi connectivity index (χ4n) is 3.07. The standard InChI is InChI=1S/C21H19F3N2O3S.C8H11F.2C2H6/c1-13-9-18(7-8-19(13)29-11-20(27)28)30-12-15-10-26(25-14(15)2)17-5-3-16(4-6-17)21(22,23)24;1-4-5-6-8(9)7(2)3;2*1-2/h3-10H,11-12H2,1-2H3,(H,27,28);4-6H,2H2,1,3H3;2*1-2H3/b;5-4-,8-6+;;. The van der Waals surface area contributed by atoms with Crippen LogP contribution in [0.15, 0.2) is 89.8 Å². The summed E-state index contributed by atoms with van der Waals surface area (Å²) in [5.41, 5.74) is 2.91. The Balaban J connectivity index is 0.00000115. The van der Waals surface area contributed by atoms with Gasteiger partial charge >= 0.3 is 12.1 Å². The van der Waals surface area contributed by atoms with Crippen molar-refractivity contribution in [1.82, 2.24) is 9.78 Å². The van der Waals surface area contributed by atoms with E-state index in [1.165, 1.54) is 18.2 Å². The number of carboxylic acid groups (broad SMARTS) is 1. The van der Waals surface area contributed by atoms with E-state index in [1.807, 2.05) is 66.8 Å². The highest BCUT2D eigenvalue weighted by Gasteiger charge is 2.30. The van der Waals surface area contributed by atoms with Crippen LogP contribution in [-0.4, -0.2) is 27.5 Å². The van der Waals surface area contributed by atoms with Crippen LogP contribution in [0, 0.1) is 13.8 Å².